The minimum Gasteiger partial charge on any atom is -0.462 e. The third-order valence-electron chi connectivity index (χ3n) is 2.91. The second-order valence-electron chi connectivity index (χ2n) is 4.77. The summed E-state index contributed by atoms with van der Waals surface area (Å²) in [6.07, 6.45) is 0.909. The lowest BCUT2D eigenvalue weighted by atomic mass is 9.84. The third kappa shape index (κ3) is 4.00. The molecule has 5 heteroatoms. The lowest BCUT2D eigenvalue weighted by molar-refractivity contribution is -0.177. The molecule has 1 rings (SSSR count). The number of carbonyl (C=O) groups is 2. The average Bonchev–Trinajstić information content (AvgIpc) is 2.24. The lowest BCUT2D eigenvalue weighted by Gasteiger charge is -2.39. The SMILES string of the molecule is CCC1(COC(=O)COC(=O)C(C)C)COC1. The highest BCUT2D eigenvalue weighted by atomic mass is 16.6. The summed E-state index contributed by atoms with van der Waals surface area (Å²) in [5.41, 5.74) is -0.0300. The maximum absolute atomic E-state index is 11.3. The number of hydrogen-bond donors (Lipinski definition) is 0. The molecule has 0 amide bonds. The van der Waals surface area contributed by atoms with Crippen molar-refractivity contribution in [2.24, 2.45) is 11.3 Å². The first-order valence-electron chi connectivity index (χ1n) is 5.89. The Labute approximate surface area is 101 Å². The molecule has 0 bridgehead atoms. The molecule has 0 aromatic carbocycles. The van der Waals surface area contributed by atoms with Crippen LogP contribution in [0, 0.1) is 11.3 Å². The van der Waals surface area contributed by atoms with Crippen LogP contribution < -0.4 is 0 Å². The molecule has 0 aromatic heterocycles. The van der Waals surface area contributed by atoms with Crippen molar-refractivity contribution in [1.82, 2.24) is 0 Å². The summed E-state index contributed by atoms with van der Waals surface area (Å²) in [4.78, 5) is 22.5. The van der Waals surface area contributed by atoms with Crippen LogP contribution in [0.1, 0.15) is 27.2 Å². The van der Waals surface area contributed by atoms with Crippen molar-refractivity contribution in [3.05, 3.63) is 0 Å². The number of ether oxygens (including phenoxy) is 3. The van der Waals surface area contributed by atoms with E-state index < -0.39 is 5.97 Å². The summed E-state index contributed by atoms with van der Waals surface area (Å²) in [5, 5.41) is 0. The van der Waals surface area contributed by atoms with Crippen molar-refractivity contribution < 1.29 is 23.8 Å². The Kier molecular flexibility index (Phi) is 4.93. The summed E-state index contributed by atoms with van der Waals surface area (Å²) in [6, 6.07) is 0. The minimum atomic E-state index is -0.501. The Morgan fingerprint density at radius 3 is 2.35 bits per heavy atom. The van der Waals surface area contributed by atoms with E-state index in [9.17, 15) is 9.59 Å². The predicted octanol–water partition coefficient (Wildman–Crippen LogP) is 1.16. The topological polar surface area (TPSA) is 61.8 Å². The second kappa shape index (κ2) is 6.00. The molecule has 5 nitrogen and oxygen atoms in total. The quantitative estimate of drug-likeness (QED) is 0.656. The van der Waals surface area contributed by atoms with E-state index in [1.54, 1.807) is 13.8 Å². The van der Waals surface area contributed by atoms with E-state index in [2.05, 4.69) is 0 Å². The van der Waals surface area contributed by atoms with Gasteiger partial charge in [-0.1, -0.05) is 20.8 Å². The summed E-state index contributed by atoms with van der Waals surface area (Å²) in [7, 11) is 0. The van der Waals surface area contributed by atoms with Gasteiger partial charge in [0.15, 0.2) is 6.61 Å². The maximum atomic E-state index is 11.3. The summed E-state index contributed by atoms with van der Waals surface area (Å²) in [5.74, 6) is -1.12. The van der Waals surface area contributed by atoms with Crippen LogP contribution in [0.15, 0.2) is 0 Å². The van der Waals surface area contributed by atoms with E-state index in [0.29, 0.717) is 19.8 Å². The zero-order valence-corrected chi connectivity index (χ0v) is 10.7. The van der Waals surface area contributed by atoms with E-state index in [0.717, 1.165) is 6.42 Å². The van der Waals surface area contributed by atoms with Crippen LogP contribution in [-0.2, 0) is 23.8 Å². The average molecular weight is 244 g/mol. The fourth-order valence-corrected chi connectivity index (χ4v) is 1.35. The number of hydrogen-bond acceptors (Lipinski definition) is 5. The molecule has 0 aliphatic carbocycles. The van der Waals surface area contributed by atoms with Gasteiger partial charge < -0.3 is 14.2 Å². The molecule has 0 atom stereocenters. The van der Waals surface area contributed by atoms with Crippen LogP contribution in [0.5, 0.6) is 0 Å². The van der Waals surface area contributed by atoms with Gasteiger partial charge in [-0.3, -0.25) is 4.79 Å². The Morgan fingerprint density at radius 2 is 1.94 bits per heavy atom. The van der Waals surface area contributed by atoms with Crippen molar-refractivity contribution in [2.75, 3.05) is 26.4 Å². The Hall–Kier alpha value is -1.10. The third-order valence-corrected chi connectivity index (χ3v) is 2.91. The second-order valence-corrected chi connectivity index (χ2v) is 4.77. The van der Waals surface area contributed by atoms with Gasteiger partial charge in [0.25, 0.3) is 0 Å². The van der Waals surface area contributed by atoms with Crippen LogP contribution in [-0.4, -0.2) is 38.4 Å². The van der Waals surface area contributed by atoms with E-state index >= 15 is 0 Å². The van der Waals surface area contributed by atoms with Gasteiger partial charge in [-0.05, 0) is 6.42 Å². The van der Waals surface area contributed by atoms with Crippen LogP contribution in [0.2, 0.25) is 0 Å². The van der Waals surface area contributed by atoms with Gasteiger partial charge >= 0.3 is 11.9 Å². The van der Waals surface area contributed by atoms with Gasteiger partial charge in [0.1, 0.15) is 6.61 Å². The van der Waals surface area contributed by atoms with Gasteiger partial charge in [-0.2, -0.15) is 0 Å². The van der Waals surface area contributed by atoms with Crippen LogP contribution in [0.3, 0.4) is 0 Å². The molecular weight excluding hydrogens is 224 g/mol. The molecule has 1 aliphatic rings. The first kappa shape index (κ1) is 14.0. The van der Waals surface area contributed by atoms with Crippen LogP contribution >= 0.6 is 0 Å². The summed E-state index contributed by atoms with van der Waals surface area (Å²) < 4.78 is 15.0. The molecule has 0 aromatic rings. The number of rotatable bonds is 6. The zero-order valence-electron chi connectivity index (χ0n) is 10.7. The molecule has 0 saturated carbocycles. The molecule has 0 N–H and O–H groups in total. The zero-order chi connectivity index (χ0) is 12.9. The smallest absolute Gasteiger partial charge is 0.344 e. The summed E-state index contributed by atoms with van der Waals surface area (Å²) in [6.45, 7) is 6.75. The molecule has 17 heavy (non-hydrogen) atoms. The highest BCUT2D eigenvalue weighted by Gasteiger charge is 2.38. The van der Waals surface area contributed by atoms with E-state index in [1.807, 2.05) is 6.92 Å². The fourth-order valence-electron chi connectivity index (χ4n) is 1.35. The van der Waals surface area contributed by atoms with Crippen molar-refractivity contribution in [2.45, 2.75) is 27.2 Å². The maximum Gasteiger partial charge on any atom is 0.344 e. The highest BCUT2D eigenvalue weighted by molar-refractivity contribution is 5.77. The minimum absolute atomic E-state index is 0.0300. The van der Waals surface area contributed by atoms with E-state index in [1.165, 1.54) is 0 Å². The van der Waals surface area contributed by atoms with Crippen molar-refractivity contribution in [1.29, 1.82) is 0 Å². The standard InChI is InChI=1S/C12H20O5/c1-4-12(6-15-7-12)8-17-10(13)5-16-11(14)9(2)3/h9H,4-8H2,1-3H3. The van der Waals surface area contributed by atoms with Gasteiger partial charge in [-0.15, -0.1) is 0 Å². The van der Waals surface area contributed by atoms with Crippen LogP contribution in [0.25, 0.3) is 0 Å². The monoisotopic (exact) mass is 244 g/mol. The molecule has 1 fully saturated rings. The highest BCUT2D eigenvalue weighted by Crippen LogP contribution is 2.31. The molecule has 1 heterocycles. The first-order valence-corrected chi connectivity index (χ1v) is 5.89. The Balaban J connectivity index is 2.19. The molecule has 98 valence electrons. The largest absolute Gasteiger partial charge is 0.462 e. The molecule has 1 aliphatic heterocycles. The Bertz CT molecular complexity index is 275. The molecular formula is C12H20O5. The van der Waals surface area contributed by atoms with Gasteiger partial charge in [-0.25, -0.2) is 4.79 Å². The molecule has 0 unspecified atom stereocenters. The number of esters is 2. The van der Waals surface area contributed by atoms with Gasteiger partial charge in [0.05, 0.1) is 24.5 Å². The van der Waals surface area contributed by atoms with Gasteiger partial charge in [0.2, 0.25) is 0 Å². The molecule has 0 radical (unpaired) electrons. The predicted molar refractivity (Wildman–Crippen MR) is 60.3 cm³/mol. The van der Waals surface area contributed by atoms with Gasteiger partial charge in [0, 0.05) is 0 Å². The first-order chi connectivity index (χ1) is 7.99. The van der Waals surface area contributed by atoms with Crippen molar-refractivity contribution in [3.63, 3.8) is 0 Å². The van der Waals surface area contributed by atoms with E-state index in [-0.39, 0.29) is 23.9 Å². The van der Waals surface area contributed by atoms with Crippen molar-refractivity contribution in [3.8, 4) is 0 Å². The normalized spacial score (nSPS) is 17.4. The molecule has 1 saturated heterocycles. The lowest BCUT2D eigenvalue weighted by Crippen LogP contribution is -2.46. The van der Waals surface area contributed by atoms with Crippen molar-refractivity contribution >= 4 is 11.9 Å². The Morgan fingerprint density at radius 1 is 1.29 bits per heavy atom. The summed E-state index contributed by atoms with van der Waals surface area (Å²) >= 11 is 0. The van der Waals surface area contributed by atoms with Crippen LogP contribution in [0.4, 0.5) is 0 Å². The number of carbonyl (C=O) groups excluding carboxylic acids is 2. The fraction of sp³-hybridized carbons (Fsp3) is 0.833. The molecule has 0 spiro atoms. The van der Waals surface area contributed by atoms with E-state index in [4.69, 9.17) is 14.2 Å².